The summed E-state index contributed by atoms with van der Waals surface area (Å²) in [4.78, 5) is 13.6. The van der Waals surface area contributed by atoms with Gasteiger partial charge in [-0.05, 0) is 26.7 Å². The summed E-state index contributed by atoms with van der Waals surface area (Å²) < 4.78 is 37.9. The fourth-order valence-corrected chi connectivity index (χ4v) is 2.31. The number of Topliss-reactive ketones (excluding diaryl/α,β-unsaturated/α-hetero) is 1. The van der Waals surface area contributed by atoms with Crippen LogP contribution in [-0.2, 0) is 0 Å². The number of nitrogens with zero attached hydrogens (tertiary/aromatic N) is 1. The lowest BCUT2D eigenvalue weighted by atomic mass is 10.0. The van der Waals surface area contributed by atoms with Crippen molar-refractivity contribution >= 4 is 5.78 Å². The molecule has 110 valence electrons. The maximum absolute atomic E-state index is 12.6. The highest BCUT2D eigenvalue weighted by atomic mass is 19.4. The summed E-state index contributed by atoms with van der Waals surface area (Å²) >= 11 is 0. The predicted molar refractivity (Wildman–Crippen MR) is 70.8 cm³/mol. The molecule has 1 fully saturated rings. The van der Waals surface area contributed by atoms with E-state index in [1.54, 1.807) is 31.2 Å². The van der Waals surface area contributed by atoms with E-state index in [0.717, 1.165) is 18.4 Å². The summed E-state index contributed by atoms with van der Waals surface area (Å²) in [5, 5.41) is 0. The predicted octanol–water partition coefficient (Wildman–Crippen LogP) is 3.59. The number of carbonyl (C=O) groups excluding carboxylic acids is 1. The van der Waals surface area contributed by atoms with Crippen LogP contribution in [0, 0.1) is 6.92 Å². The topological polar surface area (TPSA) is 20.3 Å². The third kappa shape index (κ3) is 3.82. The second-order valence-electron chi connectivity index (χ2n) is 5.42. The van der Waals surface area contributed by atoms with Crippen LogP contribution in [0.2, 0.25) is 0 Å². The molecule has 2 nitrogen and oxygen atoms in total. The molecule has 1 atom stereocenters. The molecule has 0 bridgehead atoms. The van der Waals surface area contributed by atoms with Crippen molar-refractivity contribution in [3.05, 3.63) is 35.4 Å². The summed E-state index contributed by atoms with van der Waals surface area (Å²) in [7, 11) is 0. The van der Waals surface area contributed by atoms with Crippen molar-refractivity contribution in [3.63, 3.8) is 0 Å². The molecule has 0 aliphatic heterocycles. The van der Waals surface area contributed by atoms with Crippen molar-refractivity contribution in [3.8, 4) is 0 Å². The number of carbonyl (C=O) groups is 1. The van der Waals surface area contributed by atoms with E-state index in [4.69, 9.17) is 0 Å². The van der Waals surface area contributed by atoms with E-state index in [2.05, 4.69) is 0 Å². The monoisotopic (exact) mass is 285 g/mol. The minimum atomic E-state index is -4.27. The zero-order valence-corrected chi connectivity index (χ0v) is 11.6. The lowest BCUT2D eigenvalue weighted by Gasteiger charge is -2.29. The first-order valence-corrected chi connectivity index (χ1v) is 6.71. The van der Waals surface area contributed by atoms with Gasteiger partial charge in [-0.1, -0.05) is 29.8 Å². The first-order valence-electron chi connectivity index (χ1n) is 6.71. The van der Waals surface area contributed by atoms with Crippen LogP contribution in [0.1, 0.15) is 35.7 Å². The molecule has 1 saturated carbocycles. The van der Waals surface area contributed by atoms with E-state index in [1.807, 2.05) is 6.92 Å². The van der Waals surface area contributed by atoms with E-state index in [9.17, 15) is 18.0 Å². The van der Waals surface area contributed by atoms with Crippen molar-refractivity contribution < 1.29 is 18.0 Å². The van der Waals surface area contributed by atoms with Gasteiger partial charge in [0.25, 0.3) is 0 Å². The largest absolute Gasteiger partial charge is 0.401 e. The third-order valence-corrected chi connectivity index (χ3v) is 3.59. The average molecular weight is 285 g/mol. The van der Waals surface area contributed by atoms with Crippen molar-refractivity contribution in [1.82, 2.24) is 4.90 Å². The molecule has 1 aromatic carbocycles. The van der Waals surface area contributed by atoms with E-state index in [-0.39, 0.29) is 11.8 Å². The minimum absolute atomic E-state index is 0.110. The van der Waals surface area contributed by atoms with Gasteiger partial charge >= 0.3 is 6.18 Å². The standard InChI is InChI=1S/C15H18F3NO/c1-10-3-5-12(6-4-10)14(20)11(2)19(13-7-8-13)9-15(16,17)18/h3-6,11,13H,7-9H2,1-2H3. The van der Waals surface area contributed by atoms with Gasteiger partial charge in [-0.3, -0.25) is 9.69 Å². The van der Waals surface area contributed by atoms with Crippen molar-refractivity contribution in [2.75, 3.05) is 6.54 Å². The molecule has 20 heavy (non-hydrogen) atoms. The maximum Gasteiger partial charge on any atom is 0.401 e. The van der Waals surface area contributed by atoms with Gasteiger partial charge in [0.1, 0.15) is 0 Å². The number of alkyl halides is 3. The first kappa shape index (κ1) is 15.0. The highest BCUT2D eigenvalue weighted by Gasteiger charge is 2.42. The number of halogens is 3. The number of hydrogen-bond donors (Lipinski definition) is 0. The van der Waals surface area contributed by atoms with Crippen LogP contribution in [0.4, 0.5) is 13.2 Å². The molecular weight excluding hydrogens is 267 g/mol. The molecule has 0 amide bonds. The third-order valence-electron chi connectivity index (χ3n) is 3.59. The Morgan fingerprint density at radius 1 is 1.30 bits per heavy atom. The van der Waals surface area contributed by atoms with Crippen molar-refractivity contribution in [2.24, 2.45) is 0 Å². The molecule has 1 unspecified atom stereocenters. The van der Waals surface area contributed by atoms with Crippen molar-refractivity contribution in [1.29, 1.82) is 0 Å². The van der Waals surface area contributed by atoms with Crippen LogP contribution < -0.4 is 0 Å². The van der Waals surface area contributed by atoms with E-state index in [1.165, 1.54) is 4.90 Å². The molecule has 1 aliphatic rings. The van der Waals surface area contributed by atoms with Crippen LogP contribution in [0.15, 0.2) is 24.3 Å². The quantitative estimate of drug-likeness (QED) is 0.771. The number of aryl methyl sites for hydroxylation is 1. The smallest absolute Gasteiger partial charge is 0.292 e. The number of ketones is 1. The zero-order chi connectivity index (χ0) is 14.9. The van der Waals surface area contributed by atoms with Crippen LogP contribution in [-0.4, -0.2) is 35.5 Å². The van der Waals surface area contributed by atoms with Gasteiger partial charge in [-0.2, -0.15) is 13.2 Å². The van der Waals surface area contributed by atoms with E-state index < -0.39 is 18.8 Å². The summed E-state index contributed by atoms with van der Waals surface area (Å²) in [5.74, 6) is -0.249. The van der Waals surface area contributed by atoms with Crippen LogP contribution >= 0.6 is 0 Å². The second kappa shape index (κ2) is 5.56. The fraction of sp³-hybridized carbons (Fsp3) is 0.533. The molecule has 1 aromatic rings. The summed E-state index contributed by atoms with van der Waals surface area (Å²) in [5.41, 5.74) is 1.49. The normalized spacial score (nSPS) is 17.3. The Kier molecular flexibility index (Phi) is 4.18. The molecular formula is C15H18F3NO. The minimum Gasteiger partial charge on any atom is -0.292 e. The van der Waals surface area contributed by atoms with Crippen molar-refractivity contribution in [2.45, 2.75) is 44.9 Å². The number of hydrogen-bond acceptors (Lipinski definition) is 2. The molecule has 0 spiro atoms. The highest BCUT2D eigenvalue weighted by Crippen LogP contribution is 2.32. The Balaban J connectivity index is 2.12. The van der Waals surface area contributed by atoms with Crippen LogP contribution in [0.5, 0.6) is 0 Å². The van der Waals surface area contributed by atoms with Gasteiger partial charge in [0.05, 0.1) is 12.6 Å². The Morgan fingerprint density at radius 2 is 1.85 bits per heavy atom. The van der Waals surface area contributed by atoms with Gasteiger partial charge in [-0.25, -0.2) is 0 Å². The Labute approximate surface area is 116 Å². The molecule has 5 heteroatoms. The lowest BCUT2D eigenvalue weighted by Crippen LogP contribution is -2.45. The maximum atomic E-state index is 12.6. The molecule has 0 heterocycles. The summed E-state index contributed by atoms with van der Waals surface area (Å²) in [6.07, 6.45) is -2.80. The van der Waals surface area contributed by atoms with Crippen LogP contribution in [0.3, 0.4) is 0 Å². The van der Waals surface area contributed by atoms with Gasteiger partial charge in [0, 0.05) is 11.6 Å². The molecule has 0 radical (unpaired) electrons. The lowest BCUT2D eigenvalue weighted by molar-refractivity contribution is -0.149. The first-order chi connectivity index (χ1) is 9.28. The fourth-order valence-electron chi connectivity index (χ4n) is 2.31. The molecule has 0 N–H and O–H groups in total. The molecule has 2 rings (SSSR count). The Bertz CT molecular complexity index is 477. The number of benzene rings is 1. The number of rotatable bonds is 5. The van der Waals surface area contributed by atoms with E-state index >= 15 is 0 Å². The van der Waals surface area contributed by atoms with Gasteiger partial charge < -0.3 is 0 Å². The Hall–Kier alpha value is -1.36. The molecule has 0 saturated heterocycles. The van der Waals surface area contributed by atoms with Gasteiger partial charge in [-0.15, -0.1) is 0 Å². The Morgan fingerprint density at radius 3 is 2.30 bits per heavy atom. The summed E-state index contributed by atoms with van der Waals surface area (Å²) in [6, 6.07) is 6.09. The zero-order valence-electron chi connectivity index (χ0n) is 11.6. The van der Waals surface area contributed by atoms with Gasteiger partial charge in [0.15, 0.2) is 5.78 Å². The SMILES string of the molecule is Cc1ccc(C(=O)C(C)N(CC(F)(F)F)C2CC2)cc1. The highest BCUT2D eigenvalue weighted by molar-refractivity contribution is 5.99. The second-order valence-corrected chi connectivity index (χ2v) is 5.42. The van der Waals surface area contributed by atoms with Gasteiger partial charge in [0.2, 0.25) is 0 Å². The average Bonchev–Trinajstić information content (AvgIpc) is 3.18. The molecule has 1 aliphatic carbocycles. The summed E-state index contributed by atoms with van der Waals surface area (Å²) in [6.45, 7) is 2.44. The van der Waals surface area contributed by atoms with E-state index in [0.29, 0.717) is 5.56 Å². The van der Waals surface area contributed by atoms with Crippen LogP contribution in [0.25, 0.3) is 0 Å². The molecule has 0 aromatic heterocycles.